The quantitative estimate of drug-likeness (QED) is 0.801. The van der Waals surface area contributed by atoms with E-state index in [-0.39, 0.29) is 23.9 Å². The molecule has 21 heavy (non-hydrogen) atoms. The van der Waals surface area contributed by atoms with Gasteiger partial charge in [-0.05, 0) is 37.0 Å². The molecule has 0 aromatic heterocycles. The third kappa shape index (κ3) is 4.59. The average molecular weight is 291 g/mol. The van der Waals surface area contributed by atoms with Crippen molar-refractivity contribution in [1.29, 1.82) is 0 Å². The summed E-state index contributed by atoms with van der Waals surface area (Å²) in [4.78, 5) is 25.5. The Hall–Kier alpha value is -1.84. The molecule has 116 valence electrons. The van der Waals surface area contributed by atoms with Crippen LogP contribution in [0, 0.1) is 0 Å². The molecular weight excluding hydrogens is 266 g/mol. The first-order valence-electron chi connectivity index (χ1n) is 7.15. The fourth-order valence-corrected chi connectivity index (χ4v) is 1.97. The van der Waals surface area contributed by atoms with E-state index < -0.39 is 5.97 Å². The summed E-state index contributed by atoms with van der Waals surface area (Å²) in [5.41, 5.74) is 1.80. The summed E-state index contributed by atoms with van der Waals surface area (Å²) in [6, 6.07) is 7.48. The van der Waals surface area contributed by atoms with Crippen molar-refractivity contribution in [2.45, 2.75) is 46.1 Å². The van der Waals surface area contributed by atoms with Crippen LogP contribution in [-0.4, -0.2) is 36.5 Å². The maximum Gasteiger partial charge on any atom is 0.325 e. The molecule has 1 aromatic carbocycles. The highest BCUT2D eigenvalue weighted by atomic mass is 16.5. The van der Waals surface area contributed by atoms with Crippen LogP contribution in [0.3, 0.4) is 0 Å². The van der Waals surface area contributed by atoms with Gasteiger partial charge in [0.05, 0.1) is 7.11 Å². The van der Waals surface area contributed by atoms with Gasteiger partial charge in [0.25, 0.3) is 5.91 Å². The Balaban J connectivity index is 2.96. The van der Waals surface area contributed by atoms with Crippen molar-refractivity contribution in [2.75, 3.05) is 13.7 Å². The molecule has 0 fully saturated rings. The predicted octanol–water partition coefficient (Wildman–Crippen LogP) is 3.01. The average Bonchev–Trinajstić information content (AvgIpc) is 2.42. The van der Waals surface area contributed by atoms with E-state index in [4.69, 9.17) is 0 Å². The highest BCUT2D eigenvalue weighted by Gasteiger charge is 2.22. The standard InChI is InChI=1S/C17H25NO3/c1-12(2)18(11-15(19)21-6)16(20)13-7-9-14(10-8-13)17(3,4)5/h7-10,12H,11H2,1-6H3. The van der Waals surface area contributed by atoms with E-state index in [9.17, 15) is 9.59 Å². The van der Waals surface area contributed by atoms with Gasteiger partial charge in [-0.2, -0.15) is 0 Å². The van der Waals surface area contributed by atoms with Crippen molar-refractivity contribution >= 4 is 11.9 Å². The van der Waals surface area contributed by atoms with Crippen LogP contribution in [0.1, 0.15) is 50.5 Å². The van der Waals surface area contributed by atoms with Crippen LogP contribution in [0.25, 0.3) is 0 Å². The summed E-state index contributed by atoms with van der Waals surface area (Å²) in [5.74, 6) is -0.570. The van der Waals surface area contributed by atoms with Crippen molar-refractivity contribution in [3.8, 4) is 0 Å². The molecule has 0 atom stereocenters. The second kappa shape index (κ2) is 6.74. The molecule has 1 rings (SSSR count). The predicted molar refractivity (Wildman–Crippen MR) is 83.3 cm³/mol. The fraction of sp³-hybridized carbons (Fsp3) is 0.529. The minimum Gasteiger partial charge on any atom is -0.468 e. The number of ether oxygens (including phenoxy) is 1. The Morgan fingerprint density at radius 3 is 2.05 bits per heavy atom. The number of nitrogens with zero attached hydrogens (tertiary/aromatic N) is 1. The van der Waals surface area contributed by atoms with Crippen LogP contribution in [0.2, 0.25) is 0 Å². The van der Waals surface area contributed by atoms with Gasteiger partial charge in [0.2, 0.25) is 0 Å². The summed E-state index contributed by atoms with van der Waals surface area (Å²) in [6.45, 7) is 10.1. The lowest BCUT2D eigenvalue weighted by Gasteiger charge is -2.26. The van der Waals surface area contributed by atoms with Gasteiger partial charge in [0.15, 0.2) is 0 Å². The van der Waals surface area contributed by atoms with Crippen LogP contribution in [0.5, 0.6) is 0 Å². The molecule has 0 saturated heterocycles. The molecule has 0 saturated carbocycles. The number of benzene rings is 1. The summed E-state index contributed by atoms with van der Waals surface area (Å²) in [7, 11) is 1.32. The smallest absolute Gasteiger partial charge is 0.325 e. The summed E-state index contributed by atoms with van der Waals surface area (Å²) < 4.78 is 4.65. The topological polar surface area (TPSA) is 46.6 Å². The number of hydrogen-bond acceptors (Lipinski definition) is 3. The SMILES string of the molecule is COC(=O)CN(C(=O)c1ccc(C(C)(C)C)cc1)C(C)C. The third-order valence-corrected chi connectivity index (χ3v) is 3.41. The lowest BCUT2D eigenvalue weighted by molar-refractivity contribution is -0.141. The van der Waals surface area contributed by atoms with Gasteiger partial charge in [-0.3, -0.25) is 9.59 Å². The minimum atomic E-state index is -0.414. The van der Waals surface area contributed by atoms with Crippen molar-refractivity contribution in [1.82, 2.24) is 4.90 Å². The molecule has 4 heteroatoms. The van der Waals surface area contributed by atoms with Gasteiger partial charge >= 0.3 is 5.97 Å². The van der Waals surface area contributed by atoms with E-state index in [1.807, 2.05) is 38.1 Å². The van der Waals surface area contributed by atoms with E-state index in [0.29, 0.717) is 5.56 Å². The molecule has 0 aliphatic rings. The zero-order valence-corrected chi connectivity index (χ0v) is 13.8. The molecule has 0 heterocycles. The van der Waals surface area contributed by atoms with E-state index in [2.05, 4.69) is 25.5 Å². The van der Waals surface area contributed by atoms with E-state index >= 15 is 0 Å². The minimum absolute atomic E-state index is 0.0337. The first kappa shape index (κ1) is 17.2. The zero-order chi connectivity index (χ0) is 16.2. The highest BCUT2D eigenvalue weighted by Crippen LogP contribution is 2.22. The Labute approximate surface area is 127 Å². The van der Waals surface area contributed by atoms with Crippen LogP contribution in [0.15, 0.2) is 24.3 Å². The van der Waals surface area contributed by atoms with Gasteiger partial charge in [-0.25, -0.2) is 0 Å². The maximum atomic E-state index is 12.5. The van der Waals surface area contributed by atoms with E-state index in [1.165, 1.54) is 17.6 Å². The molecule has 4 nitrogen and oxygen atoms in total. The van der Waals surface area contributed by atoms with Gasteiger partial charge in [-0.15, -0.1) is 0 Å². The number of esters is 1. The second-order valence-electron chi connectivity index (χ2n) is 6.43. The van der Waals surface area contributed by atoms with Gasteiger partial charge < -0.3 is 9.64 Å². The van der Waals surface area contributed by atoms with Crippen LogP contribution in [-0.2, 0) is 14.9 Å². The summed E-state index contributed by atoms with van der Waals surface area (Å²) in [5, 5.41) is 0. The van der Waals surface area contributed by atoms with Crippen LogP contribution < -0.4 is 0 Å². The van der Waals surface area contributed by atoms with Gasteiger partial charge in [-0.1, -0.05) is 32.9 Å². The molecule has 0 N–H and O–H groups in total. The number of rotatable bonds is 4. The van der Waals surface area contributed by atoms with E-state index in [1.54, 1.807) is 0 Å². The lowest BCUT2D eigenvalue weighted by atomic mass is 9.86. The summed E-state index contributed by atoms with van der Waals surface area (Å²) >= 11 is 0. The Morgan fingerprint density at radius 2 is 1.67 bits per heavy atom. The highest BCUT2D eigenvalue weighted by molar-refractivity contribution is 5.96. The number of methoxy groups -OCH3 is 1. The maximum absolute atomic E-state index is 12.5. The molecule has 0 bridgehead atoms. The van der Waals surface area contributed by atoms with Gasteiger partial charge in [0, 0.05) is 11.6 Å². The molecular formula is C17H25NO3. The van der Waals surface area contributed by atoms with Crippen molar-refractivity contribution < 1.29 is 14.3 Å². The first-order chi connectivity index (χ1) is 9.66. The normalized spacial score (nSPS) is 11.4. The zero-order valence-electron chi connectivity index (χ0n) is 13.8. The monoisotopic (exact) mass is 291 g/mol. The molecule has 1 aromatic rings. The second-order valence-corrected chi connectivity index (χ2v) is 6.43. The van der Waals surface area contributed by atoms with Crippen molar-refractivity contribution in [2.24, 2.45) is 0 Å². The largest absolute Gasteiger partial charge is 0.468 e. The fourth-order valence-electron chi connectivity index (χ4n) is 1.97. The molecule has 0 radical (unpaired) electrons. The Kier molecular flexibility index (Phi) is 5.53. The Bertz CT molecular complexity index is 498. The van der Waals surface area contributed by atoms with Crippen LogP contribution in [0.4, 0.5) is 0 Å². The summed E-state index contributed by atoms with van der Waals surface area (Å²) in [6.07, 6.45) is 0. The number of amides is 1. The number of carbonyl (C=O) groups is 2. The van der Waals surface area contributed by atoms with E-state index in [0.717, 1.165) is 0 Å². The van der Waals surface area contributed by atoms with Gasteiger partial charge in [0.1, 0.15) is 6.54 Å². The lowest BCUT2D eigenvalue weighted by Crippen LogP contribution is -2.41. The third-order valence-electron chi connectivity index (χ3n) is 3.41. The first-order valence-corrected chi connectivity index (χ1v) is 7.15. The number of hydrogen-bond donors (Lipinski definition) is 0. The molecule has 1 amide bonds. The molecule has 0 unspecified atom stereocenters. The van der Waals surface area contributed by atoms with Crippen molar-refractivity contribution in [3.63, 3.8) is 0 Å². The van der Waals surface area contributed by atoms with Crippen LogP contribution >= 0.6 is 0 Å². The number of carbonyl (C=O) groups excluding carboxylic acids is 2. The molecule has 0 aliphatic heterocycles. The molecule has 0 spiro atoms. The van der Waals surface area contributed by atoms with Crippen molar-refractivity contribution in [3.05, 3.63) is 35.4 Å². The Morgan fingerprint density at radius 1 is 1.14 bits per heavy atom. The molecule has 0 aliphatic carbocycles.